The molecular weight excluding hydrogens is 224 g/mol. The van der Waals surface area contributed by atoms with Gasteiger partial charge in [-0.25, -0.2) is 0 Å². The lowest BCUT2D eigenvalue weighted by Gasteiger charge is -2.31. The van der Waals surface area contributed by atoms with Gasteiger partial charge in [-0.3, -0.25) is 9.69 Å². The van der Waals surface area contributed by atoms with Gasteiger partial charge in [0.25, 0.3) is 0 Å². The van der Waals surface area contributed by atoms with E-state index < -0.39 is 0 Å². The van der Waals surface area contributed by atoms with Crippen LogP contribution in [0.15, 0.2) is 30.3 Å². The molecule has 1 amide bonds. The maximum absolute atomic E-state index is 11.8. The smallest absolute Gasteiger partial charge is 0.221 e. The monoisotopic (exact) mass is 246 g/mol. The molecule has 1 heterocycles. The predicted molar refractivity (Wildman–Crippen MR) is 73.0 cm³/mol. The fourth-order valence-corrected chi connectivity index (χ4v) is 2.41. The Morgan fingerprint density at radius 3 is 2.33 bits per heavy atom. The zero-order valence-corrected chi connectivity index (χ0v) is 11.7. The number of benzene rings is 1. The van der Waals surface area contributed by atoms with Crippen LogP contribution < -0.4 is 0 Å². The third-order valence-corrected chi connectivity index (χ3v) is 3.63. The number of carbonyl (C=O) groups excluding carboxylic acids is 1. The second-order valence-electron chi connectivity index (χ2n) is 5.95. The number of carbonyl (C=O) groups is 1. The Kier molecular flexibility index (Phi) is 3.44. The lowest BCUT2D eigenvalue weighted by atomic mass is 10.0. The summed E-state index contributed by atoms with van der Waals surface area (Å²) in [4.78, 5) is 16.1. The van der Waals surface area contributed by atoms with Gasteiger partial charge in [-0.05, 0) is 26.3 Å². The van der Waals surface area contributed by atoms with Crippen molar-refractivity contribution in [2.24, 2.45) is 0 Å². The van der Waals surface area contributed by atoms with Crippen LogP contribution in [0.3, 0.4) is 0 Å². The molecule has 0 N–H and O–H groups in total. The van der Waals surface area contributed by atoms with E-state index in [4.69, 9.17) is 0 Å². The zero-order valence-electron chi connectivity index (χ0n) is 11.7. The number of hydrogen-bond acceptors (Lipinski definition) is 2. The first-order chi connectivity index (χ1) is 8.39. The van der Waals surface area contributed by atoms with Crippen molar-refractivity contribution in [3.63, 3.8) is 0 Å². The summed E-state index contributed by atoms with van der Waals surface area (Å²) in [5.41, 5.74) is 1.32. The summed E-state index contributed by atoms with van der Waals surface area (Å²) in [6.45, 7) is 9.86. The van der Waals surface area contributed by atoms with Gasteiger partial charge in [0.05, 0.1) is 12.7 Å². The summed E-state index contributed by atoms with van der Waals surface area (Å²) in [6, 6.07) is 10.5. The van der Waals surface area contributed by atoms with Crippen molar-refractivity contribution in [3.8, 4) is 0 Å². The van der Waals surface area contributed by atoms with Crippen LogP contribution in [-0.4, -0.2) is 34.5 Å². The number of nitrogens with zero attached hydrogens (tertiary/aromatic N) is 2. The van der Waals surface area contributed by atoms with Crippen LogP contribution in [0.1, 0.15) is 39.3 Å². The molecule has 3 heteroatoms. The van der Waals surface area contributed by atoms with Gasteiger partial charge in [-0.2, -0.15) is 0 Å². The Labute approximate surface area is 109 Å². The molecule has 1 aliphatic heterocycles. The van der Waals surface area contributed by atoms with Gasteiger partial charge in [0.15, 0.2) is 0 Å². The molecule has 0 saturated carbocycles. The lowest BCUT2D eigenvalue weighted by Crippen LogP contribution is -2.41. The van der Waals surface area contributed by atoms with Crippen LogP contribution in [-0.2, 0) is 4.79 Å². The van der Waals surface area contributed by atoms with Gasteiger partial charge >= 0.3 is 0 Å². The molecule has 0 spiro atoms. The van der Waals surface area contributed by atoms with Crippen LogP contribution >= 0.6 is 0 Å². The molecule has 98 valence electrons. The molecule has 1 fully saturated rings. The Balaban J connectivity index is 2.26. The Hall–Kier alpha value is -1.35. The molecule has 0 radical (unpaired) electrons. The van der Waals surface area contributed by atoms with Crippen molar-refractivity contribution < 1.29 is 4.79 Å². The van der Waals surface area contributed by atoms with Crippen molar-refractivity contribution in [1.29, 1.82) is 0 Å². The Morgan fingerprint density at radius 1 is 1.22 bits per heavy atom. The SMILES string of the molecule is CC(=O)N1CN(C(C)(C)C)CC1c1ccccc1. The summed E-state index contributed by atoms with van der Waals surface area (Å²) in [5.74, 6) is 0.149. The quantitative estimate of drug-likeness (QED) is 0.760. The molecule has 1 aliphatic rings. The average Bonchev–Trinajstić information content (AvgIpc) is 2.74. The van der Waals surface area contributed by atoms with Crippen LogP contribution in [0, 0.1) is 0 Å². The first kappa shape index (κ1) is 13.1. The van der Waals surface area contributed by atoms with Crippen molar-refractivity contribution >= 4 is 5.91 Å². The van der Waals surface area contributed by atoms with Crippen molar-refractivity contribution in [2.45, 2.75) is 39.3 Å². The summed E-state index contributed by atoms with van der Waals surface area (Å²) in [6.07, 6.45) is 0. The normalized spacial score (nSPS) is 21.3. The minimum absolute atomic E-state index is 0.0945. The van der Waals surface area contributed by atoms with Gasteiger partial charge in [0, 0.05) is 19.0 Å². The fourth-order valence-electron chi connectivity index (χ4n) is 2.41. The van der Waals surface area contributed by atoms with E-state index in [1.54, 1.807) is 6.92 Å². The molecule has 1 unspecified atom stereocenters. The zero-order chi connectivity index (χ0) is 13.3. The highest BCUT2D eigenvalue weighted by molar-refractivity contribution is 5.74. The third-order valence-electron chi connectivity index (χ3n) is 3.63. The summed E-state index contributed by atoms with van der Waals surface area (Å²) >= 11 is 0. The first-order valence-electron chi connectivity index (χ1n) is 6.47. The largest absolute Gasteiger partial charge is 0.322 e. The number of hydrogen-bond donors (Lipinski definition) is 0. The van der Waals surface area contributed by atoms with Crippen molar-refractivity contribution in [3.05, 3.63) is 35.9 Å². The first-order valence-corrected chi connectivity index (χ1v) is 6.47. The van der Waals surface area contributed by atoms with Crippen molar-refractivity contribution in [2.75, 3.05) is 13.2 Å². The molecule has 3 nitrogen and oxygen atoms in total. The van der Waals surface area contributed by atoms with Crippen LogP contribution in [0.2, 0.25) is 0 Å². The number of rotatable bonds is 1. The van der Waals surface area contributed by atoms with Crippen LogP contribution in [0.4, 0.5) is 0 Å². The molecule has 0 aromatic heterocycles. The second-order valence-corrected chi connectivity index (χ2v) is 5.95. The summed E-state index contributed by atoms with van der Waals surface area (Å²) in [7, 11) is 0. The Morgan fingerprint density at radius 2 is 1.83 bits per heavy atom. The summed E-state index contributed by atoms with van der Waals surface area (Å²) < 4.78 is 0. The van der Waals surface area contributed by atoms with Gasteiger partial charge in [-0.15, -0.1) is 0 Å². The van der Waals surface area contributed by atoms with E-state index in [1.807, 2.05) is 23.1 Å². The van der Waals surface area contributed by atoms with E-state index in [0.29, 0.717) is 0 Å². The van der Waals surface area contributed by atoms with E-state index >= 15 is 0 Å². The molecule has 2 rings (SSSR count). The van der Waals surface area contributed by atoms with E-state index in [1.165, 1.54) is 5.56 Å². The highest BCUT2D eigenvalue weighted by Gasteiger charge is 2.37. The maximum Gasteiger partial charge on any atom is 0.221 e. The molecular formula is C15H22N2O. The number of amides is 1. The van der Waals surface area contributed by atoms with E-state index in [9.17, 15) is 4.79 Å². The van der Waals surface area contributed by atoms with Crippen LogP contribution in [0.25, 0.3) is 0 Å². The van der Waals surface area contributed by atoms with E-state index in [0.717, 1.165) is 13.2 Å². The van der Waals surface area contributed by atoms with Gasteiger partial charge < -0.3 is 4.90 Å². The van der Waals surface area contributed by atoms with Gasteiger partial charge in [0.1, 0.15) is 0 Å². The molecule has 1 saturated heterocycles. The van der Waals surface area contributed by atoms with Gasteiger partial charge in [-0.1, -0.05) is 30.3 Å². The van der Waals surface area contributed by atoms with Crippen LogP contribution in [0.5, 0.6) is 0 Å². The van der Waals surface area contributed by atoms with Gasteiger partial charge in [0.2, 0.25) is 5.91 Å². The maximum atomic E-state index is 11.8. The van der Waals surface area contributed by atoms with Crippen molar-refractivity contribution in [1.82, 2.24) is 9.80 Å². The minimum Gasteiger partial charge on any atom is -0.322 e. The third kappa shape index (κ3) is 2.56. The highest BCUT2D eigenvalue weighted by atomic mass is 16.2. The lowest BCUT2D eigenvalue weighted by molar-refractivity contribution is -0.130. The van der Waals surface area contributed by atoms with E-state index in [-0.39, 0.29) is 17.5 Å². The van der Waals surface area contributed by atoms with E-state index in [2.05, 4.69) is 37.8 Å². The molecule has 1 aromatic carbocycles. The summed E-state index contributed by atoms with van der Waals surface area (Å²) in [5, 5.41) is 0. The molecule has 0 aliphatic carbocycles. The molecule has 1 atom stereocenters. The molecule has 1 aromatic rings. The average molecular weight is 246 g/mol. The topological polar surface area (TPSA) is 23.6 Å². The molecule has 18 heavy (non-hydrogen) atoms. The Bertz CT molecular complexity index is 422. The second kappa shape index (κ2) is 4.73. The molecule has 0 bridgehead atoms. The fraction of sp³-hybridized carbons (Fsp3) is 0.533. The standard InChI is InChI=1S/C15H22N2O/c1-12(18)17-11-16(15(2,3)4)10-14(17)13-8-6-5-7-9-13/h5-9,14H,10-11H2,1-4H3. The minimum atomic E-state index is 0.0945. The highest BCUT2D eigenvalue weighted by Crippen LogP contribution is 2.31. The predicted octanol–water partition coefficient (Wildman–Crippen LogP) is 2.65.